The van der Waals surface area contributed by atoms with Gasteiger partial charge in [-0.25, -0.2) is 9.38 Å². The van der Waals surface area contributed by atoms with Crippen LogP contribution in [-0.2, 0) is 4.79 Å². The highest BCUT2D eigenvalue weighted by molar-refractivity contribution is 8.14. The van der Waals surface area contributed by atoms with Gasteiger partial charge in [-0.1, -0.05) is 25.3 Å². The number of aliphatic hydroxyl groups excluding tert-OH is 1. The molecule has 1 heterocycles. The molecule has 0 aromatic rings. The molecule has 0 aromatic carbocycles. The maximum absolute atomic E-state index is 13.3. The number of thioether (sulfide) groups is 1. The van der Waals surface area contributed by atoms with Crippen LogP contribution in [0.4, 0.5) is 4.39 Å². The number of hydrogen-bond donors (Lipinski definition) is 4. The van der Waals surface area contributed by atoms with Gasteiger partial charge in [0.2, 0.25) is 5.84 Å². The molecule has 0 aliphatic carbocycles. The number of allylic oxidation sites excluding steroid dienone is 1. The number of aliphatic imine (C=N–C) groups is 1. The van der Waals surface area contributed by atoms with Crippen LogP contribution < -0.4 is 10.7 Å². The van der Waals surface area contributed by atoms with Crippen LogP contribution in [0.1, 0.15) is 26.7 Å². The molecule has 0 bridgehead atoms. The number of likely N-dealkylation sites (N-methyl/N-ethyl adjacent to an activating group) is 1. The first-order chi connectivity index (χ1) is 13.7. The Morgan fingerprint density at radius 3 is 2.66 bits per heavy atom. The van der Waals surface area contributed by atoms with Crippen molar-refractivity contribution in [2.75, 3.05) is 34.2 Å². The molecule has 1 aliphatic rings. The summed E-state index contributed by atoms with van der Waals surface area (Å²) in [4.78, 5) is 20.0. The number of halogens is 1. The van der Waals surface area contributed by atoms with Gasteiger partial charge < -0.3 is 20.2 Å². The van der Waals surface area contributed by atoms with Crippen LogP contribution in [0.15, 0.2) is 29.3 Å². The molecule has 164 valence electrons. The number of β-amino-alcohol motifs (C(OH)–C–C–N with tert-alkyl or cyclic N) is 1. The lowest BCUT2D eigenvalue weighted by molar-refractivity contribution is -0.124. The fourth-order valence-corrected chi connectivity index (χ4v) is 3.41. The van der Waals surface area contributed by atoms with Gasteiger partial charge >= 0.3 is 0 Å². The van der Waals surface area contributed by atoms with Crippen LogP contribution in [0.2, 0.25) is 0 Å². The van der Waals surface area contributed by atoms with Crippen LogP contribution in [0, 0.1) is 5.41 Å². The van der Waals surface area contributed by atoms with Crippen molar-refractivity contribution in [2.24, 2.45) is 4.99 Å². The number of nitrogens with one attached hydrogen (secondary N) is 3. The molecule has 11 heteroatoms. The molecule has 29 heavy (non-hydrogen) atoms. The molecule has 1 saturated heterocycles. The zero-order chi connectivity index (χ0) is 22.1. The molecule has 9 nitrogen and oxygen atoms in total. The van der Waals surface area contributed by atoms with E-state index in [9.17, 15) is 14.3 Å². The molecular weight excluding hydrogens is 397 g/mol. The number of hydrazine groups is 1. The van der Waals surface area contributed by atoms with E-state index in [-0.39, 0.29) is 23.5 Å². The molecule has 0 spiro atoms. The van der Waals surface area contributed by atoms with Gasteiger partial charge in [0.15, 0.2) is 5.17 Å². The van der Waals surface area contributed by atoms with E-state index in [1.807, 2.05) is 6.92 Å². The average Bonchev–Trinajstić information content (AvgIpc) is 3.10. The summed E-state index contributed by atoms with van der Waals surface area (Å²) >= 11 is 0.795. The van der Waals surface area contributed by atoms with E-state index >= 15 is 0 Å². The largest absolute Gasteiger partial charge is 0.391 e. The Kier molecular flexibility index (Phi) is 9.96. The van der Waals surface area contributed by atoms with Crippen molar-refractivity contribution in [1.82, 2.24) is 25.6 Å². The lowest BCUT2D eigenvalue weighted by Gasteiger charge is -2.30. The van der Waals surface area contributed by atoms with E-state index in [0.29, 0.717) is 30.9 Å². The Morgan fingerprint density at radius 1 is 1.55 bits per heavy atom. The predicted molar refractivity (Wildman–Crippen MR) is 116 cm³/mol. The monoisotopic (exact) mass is 429 g/mol. The number of aliphatic hydroxyl groups is 1. The first kappa shape index (κ1) is 24.8. The second-order valence-corrected chi connectivity index (χ2v) is 7.73. The summed E-state index contributed by atoms with van der Waals surface area (Å²) in [6, 6.07) is 0. The molecule has 2 atom stereocenters. The van der Waals surface area contributed by atoms with Crippen molar-refractivity contribution in [3.8, 4) is 0 Å². The second kappa shape index (κ2) is 11.7. The second-order valence-electron chi connectivity index (χ2n) is 6.46. The number of likely N-dealkylation sites (tertiary alicyclic amines) is 1. The molecule has 0 saturated carbocycles. The molecule has 1 amide bonds. The Bertz CT molecular complexity index is 669. The minimum absolute atomic E-state index is 0.0434. The van der Waals surface area contributed by atoms with E-state index < -0.39 is 11.6 Å². The minimum atomic E-state index is -1.21. The van der Waals surface area contributed by atoms with E-state index in [2.05, 4.69) is 22.3 Å². The number of rotatable bonds is 7. The standard InChI is InChI=1S/C18H32FN7O2S/c1-7-14(15(21-4)24(5)18(20)29-12(3)19)23-25(6)16(22-8-2)17(28)26-10-9-13(27)11-26/h8,12-13,20-21,23,27H,2,7,9-11H2,1,3-6H3/b15-14+,20-18?,22-16-/t12?,13-/m0/s1. The van der Waals surface area contributed by atoms with Crippen LogP contribution in [-0.4, -0.2) is 82.7 Å². The number of hydrogen-bond acceptors (Lipinski definition) is 7. The quantitative estimate of drug-likeness (QED) is 0.274. The highest BCUT2D eigenvalue weighted by atomic mass is 32.2. The average molecular weight is 430 g/mol. The van der Waals surface area contributed by atoms with Crippen LogP contribution in [0.5, 0.6) is 0 Å². The van der Waals surface area contributed by atoms with Gasteiger partial charge in [-0.05, 0) is 19.8 Å². The summed E-state index contributed by atoms with van der Waals surface area (Å²) in [5, 5.41) is 22.3. The molecule has 1 rings (SSSR count). The van der Waals surface area contributed by atoms with Gasteiger partial charge in [0.05, 0.1) is 11.8 Å². The Balaban J connectivity index is 3.07. The fraction of sp³-hybridized carbons (Fsp3) is 0.611. The number of nitrogens with zero attached hydrogens (tertiary/aromatic N) is 4. The van der Waals surface area contributed by atoms with Crippen LogP contribution >= 0.6 is 11.8 Å². The highest BCUT2D eigenvalue weighted by Crippen LogP contribution is 2.18. The lowest BCUT2D eigenvalue weighted by atomic mass is 10.3. The Morgan fingerprint density at radius 2 is 2.21 bits per heavy atom. The van der Waals surface area contributed by atoms with Gasteiger partial charge in [-0.15, -0.1) is 0 Å². The zero-order valence-corrected chi connectivity index (χ0v) is 18.5. The highest BCUT2D eigenvalue weighted by Gasteiger charge is 2.30. The summed E-state index contributed by atoms with van der Waals surface area (Å²) in [6.07, 6.45) is 1.84. The van der Waals surface area contributed by atoms with Gasteiger partial charge in [-0.3, -0.25) is 20.6 Å². The Labute approximate surface area is 176 Å². The van der Waals surface area contributed by atoms with Crippen molar-refractivity contribution < 1.29 is 14.3 Å². The molecule has 1 unspecified atom stereocenters. The molecule has 4 N–H and O–H groups in total. The fourth-order valence-electron chi connectivity index (χ4n) is 2.85. The van der Waals surface area contributed by atoms with Gasteiger partial charge in [0, 0.05) is 40.4 Å². The van der Waals surface area contributed by atoms with Crippen LogP contribution in [0.3, 0.4) is 0 Å². The van der Waals surface area contributed by atoms with E-state index in [1.54, 1.807) is 26.0 Å². The summed E-state index contributed by atoms with van der Waals surface area (Å²) in [7, 11) is 5.02. The number of carbonyl (C=O) groups is 1. The summed E-state index contributed by atoms with van der Waals surface area (Å²) < 4.78 is 13.3. The van der Waals surface area contributed by atoms with Gasteiger partial charge in [0.1, 0.15) is 11.3 Å². The van der Waals surface area contributed by atoms with E-state index in [0.717, 1.165) is 11.8 Å². The van der Waals surface area contributed by atoms with Crippen molar-refractivity contribution in [3.05, 3.63) is 24.3 Å². The predicted octanol–water partition coefficient (Wildman–Crippen LogP) is 1.27. The minimum Gasteiger partial charge on any atom is -0.391 e. The zero-order valence-electron chi connectivity index (χ0n) is 17.7. The normalized spacial score (nSPS) is 18.7. The summed E-state index contributed by atoms with van der Waals surface area (Å²) in [5.74, 6) is 0.375. The van der Waals surface area contributed by atoms with E-state index in [4.69, 9.17) is 5.41 Å². The summed E-state index contributed by atoms with van der Waals surface area (Å²) in [6.45, 7) is 7.59. The molecule has 1 aliphatic heterocycles. The SMILES string of the molecule is C=C/N=C(/C(=O)N1CC[C@H](O)C1)N(C)N/C(CC)=C(\NC)N(C)C(=N)SC(C)F. The molecular formula is C18H32FN7O2S. The number of amides is 1. The maximum atomic E-state index is 13.3. The lowest BCUT2D eigenvalue weighted by Crippen LogP contribution is -2.49. The summed E-state index contributed by atoms with van der Waals surface area (Å²) in [5.41, 5.74) is 2.60. The third-order valence-corrected chi connectivity index (χ3v) is 5.09. The topological polar surface area (TPSA) is 107 Å². The third-order valence-electron chi connectivity index (χ3n) is 4.27. The first-order valence-corrected chi connectivity index (χ1v) is 10.2. The number of alkyl halides is 1. The van der Waals surface area contributed by atoms with E-state index in [1.165, 1.54) is 23.0 Å². The smallest absolute Gasteiger partial charge is 0.291 e. The molecule has 0 aromatic heterocycles. The van der Waals surface area contributed by atoms with Crippen molar-refractivity contribution in [3.63, 3.8) is 0 Å². The molecule has 1 fully saturated rings. The number of carbonyl (C=O) groups excluding carboxylic acids is 1. The van der Waals surface area contributed by atoms with Crippen molar-refractivity contribution in [2.45, 2.75) is 38.3 Å². The number of amidine groups is 2. The van der Waals surface area contributed by atoms with Crippen LogP contribution in [0.25, 0.3) is 0 Å². The van der Waals surface area contributed by atoms with Gasteiger partial charge in [0.25, 0.3) is 5.91 Å². The van der Waals surface area contributed by atoms with Gasteiger partial charge in [-0.2, -0.15) is 0 Å². The first-order valence-electron chi connectivity index (χ1n) is 9.36. The molecule has 0 radical (unpaired) electrons. The Hall–Kier alpha value is -2.27. The maximum Gasteiger partial charge on any atom is 0.291 e. The van der Waals surface area contributed by atoms with Crippen molar-refractivity contribution in [1.29, 1.82) is 5.41 Å². The van der Waals surface area contributed by atoms with Crippen molar-refractivity contribution >= 4 is 28.7 Å². The third kappa shape index (κ3) is 6.93.